The molecule has 0 aliphatic carbocycles. The molecule has 1 N–H and O–H groups in total. The summed E-state index contributed by atoms with van der Waals surface area (Å²) in [5, 5.41) is 3.21. The van der Waals surface area contributed by atoms with E-state index < -0.39 is 0 Å². The SMILES string of the molecule is CC[N+]1=C(NC)CCC1. The maximum Gasteiger partial charge on any atom is 0.244 e. The fraction of sp³-hybridized carbons (Fsp3) is 0.857. The number of nitrogens with one attached hydrogen (secondary N) is 1. The van der Waals surface area contributed by atoms with Gasteiger partial charge in [0.25, 0.3) is 0 Å². The second kappa shape index (κ2) is 2.85. The Morgan fingerprint density at radius 1 is 1.67 bits per heavy atom. The van der Waals surface area contributed by atoms with E-state index in [1.165, 1.54) is 25.2 Å². The monoisotopic (exact) mass is 127 g/mol. The Bertz CT molecular complexity index is 113. The van der Waals surface area contributed by atoms with Crippen LogP contribution in [-0.4, -0.2) is 30.5 Å². The van der Waals surface area contributed by atoms with Crippen LogP contribution in [0.15, 0.2) is 0 Å². The zero-order valence-corrected chi connectivity index (χ0v) is 6.28. The van der Waals surface area contributed by atoms with Crippen LogP contribution < -0.4 is 5.32 Å². The Morgan fingerprint density at radius 2 is 2.44 bits per heavy atom. The molecule has 0 amide bonds. The number of rotatable bonds is 1. The van der Waals surface area contributed by atoms with Crippen LogP contribution in [0.5, 0.6) is 0 Å². The van der Waals surface area contributed by atoms with E-state index in [0.717, 1.165) is 6.54 Å². The standard InChI is InChI=1S/C7H14N2/c1-3-9-6-4-5-7(9)8-2/h3-6H2,1-2H3/p+1. The minimum atomic E-state index is 1.15. The number of amidine groups is 1. The zero-order valence-electron chi connectivity index (χ0n) is 6.28. The Labute approximate surface area is 56.6 Å². The van der Waals surface area contributed by atoms with Gasteiger partial charge in [0.2, 0.25) is 5.84 Å². The van der Waals surface area contributed by atoms with Crippen LogP contribution in [0, 0.1) is 0 Å². The van der Waals surface area contributed by atoms with Gasteiger partial charge in [-0.1, -0.05) is 0 Å². The van der Waals surface area contributed by atoms with Gasteiger partial charge in [0, 0.05) is 0 Å². The quantitative estimate of drug-likeness (QED) is 0.505. The van der Waals surface area contributed by atoms with Crippen molar-refractivity contribution < 1.29 is 4.58 Å². The Morgan fingerprint density at radius 3 is 2.89 bits per heavy atom. The number of nitrogens with zero attached hydrogens (tertiary/aromatic N) is 1. The van der Waals surface area contributed by atoms with Gasteiger partial charge in [0.05, 0.1) is 26.6 Å². The van der Waals surface area contributed by atoms with Crippen LogP contribution in [0.3, 0.4) is 0 Å². The fourth-order valence-corrected chi connectivity index (χ4v) is 1.36. The highest BCUT2D eigenvalue weighted by Gasteiger charge is 2.16. The summed E-state index contributed by atoms with van der Waals surface area (Å²) in [5.74, 6) is 1.41. The molecule has 9 heavy (non-hydrogen) atoms. The molecule has 0 aromatic rings. The molecule has 0 fully saturated rings. The molecule has 0 saturated carbocycles. The maximum atomic E-state index is 3.21. The summed E-state index contributed by atoms with van der Waals surface area (Å²) >= 11 is 0. The molecule has 52 valence electrons. The lowest BCUT2D eigenvalue weighted by atomic mass is 10.3. The molecule has 0 saturated heterocycles. The second-order valence-electron chi connectivity index (χ2n) is 2.38. The van der Waals surface area contributed by atoms with Gasteiger partial charge in [-0.15, -0.1) is 0 Å². The largest absolute Gasteiger partial charge is 0.281 e. The van der Waals surface area contributed by atoms with Crippen molar-refractivity contribution in [2.45, 2.75) is 19.8 Å². The van der Waals surface area contributed by atoms with Crippen molar-refractivity contribution in [3.8, 4) is 0 Å². The van der Waals surface area contributed by atoms with Gasteiger partial charge in [0.1, 0.15) is 0 Å². The predicted molar refractivity (Wildman–Crippen MR) is 39.0 cm³/mol. The van der Waals surface area contributed by atoms with Crippen LogP contribution in [0.2, 0.25) is 0 Å². The van der Waals surface area contributed by atoms with E-state index in [1.807, 2.05) is 7.05 Å². The lowest BCUT2D eigenvalue weighted by Gasteiger charge is -1.97. The third-order valence-corrected chi connectivity index (χ3v) is 1.89. The van der Waals surface area contributed by atoms with E-state index >= 15 is 0 Å². The molecule has 0 radical (unpaired) electrons. The first kappa shape index (κ1) is 6.59. The van der Waals surface area contributed by atoms with Crippen molar-refractivity contribution in [1.82, 2.24) is 5.32 Å². The average molecular weight is 127 g/mol. The smallest absolute Gasteiger partial charge is 0.244 e. The molecule has 0 aromatic heterocycles. The van der Waals surface area contributed by atoms with Crippen LogP contribution in [0.4, 0.5) is 0 Å². The maximum absolute atomic E-state index is 3.21. The van der Waals surface area contributed by atoms with E-state index in [1.54, 1.807) is 0 Å². The van der Waals surface area contributed by atoms with E-state index in [2.05, 4.69) is 16.8 Å². The third-order valence-electron chi connectivity index (χ3n) is 1.89. The summed E-state index contributed by atoms with van der Waals surface area (Å²) < 4.78 is 2.39. The summed E-state index contributed by atoms with van der Waals surface area (Å²) in [4.78, 5) is 0. The predicted octanol–water partition coefficient (Wildman–Crippen LogP) is 0.430. The van der Waals surface area contributed by atoms with Crippen LogP contribution in [0.1, 0.15) is 19.8 Å². The lowest BCUT2D eigenvalue weighted by Crippen LogP contribution is -2.25. The van der Waals surface area contributed by atoms with Crippen molar-refractivity contribution in [3.63, 3.8) is 0 Å². The van der Waals surface area contributed by atoms with Crippen LogP contribution in [0.25, 0.3) is 0 Å². The average Bonchev–Trinajstić information content (AvgIpc) is 2.33. The highest BCUT2D eigenvalue weighted by atomic mass is 15.1. The van der Waals surface area contributed by atoms with E-state index in [-0.39, 0.29) is 0 Å². The molecule has 0 spiro atoms. The highest BCUT2D eigenvalue weighted by Crippen LogP contribution is 2.00. The molecule has 0 atom stereocenters. The molecular weight excluding hydrogens is 112 g/mol. The van der Waals surface area contributed by atoms with Crippen molar-refractivity contribution in [1.29, 1.82) is 0 Å². The van der Waals surface area contributed by atoms with Gasteiger partial charge in [0.15, 0.2) is 0 Å². The molecule has 1 aliphatic rings. The molecule has 1 heterocycles. The van der Waals surface area contributed by atoms with Gasteiger partial charge in [-0.3, -0.25) is 9.89 Å². The molecule has 2 nitrogen and oxygen atoms in total. The lowest BCUT2D eigenvalue weighted by molar-refractivity contribution is -0.517. The molecule has 1 aliphatic heterocycles. The molecule has 0 aromatic carbocycles. The summed E-state index contributed by atoms with van der Waals surface area (Å²) in [5.41, 5.74) is 0. The Hall–Kier alpha value is -0.530. The Balaban J connectivity index is 2.59. The van der Waals surface area contributed by atoms with Crippen molar-refractivity contribution in [2.75, 3.05) is 20.1 Å². The minimum Gasteiger partial charge on any atom is -0.281 e. The summed E-state index contributed by atoms with van der Waals surface area (Å²) in [6.45, 7) is 4.59. The van der Waals surface area contributed by atoms with Gasteiger partial charge < -0.3 is 0 Å². The first-order valence-electron chi connectivity index (χ1n) is 3.67. The number of hydrogen-bond acceptors (Lipinski definition) is 1. The molecule has 1 rings (SSSR count). The molecule has 2 heteroatoms. The Kier molecular flexibility index (Phi) is 2.09. The summed E-state index contributed by atoms with van der Waals surface area (Å²) in [6.07, 6.45) is 2.56. The van der Waals surface area contributed by atoms with Gasteiger partial charge in [-0.2, -0.15) is 0 Å². The van der Waals surface area contributed by atoms with Crippen molar-refractivity contribution >= 4 is 5.84 Å². The molecule has 0 unspecified atom stereocenters. The van der Waals surface area contributed by atoms with Crippen LogP contribution in [-0.2, 0) is 0 Å². The van der Waals surface area contributed by atoms with Gasteiger partial charge in [-0.05, 0) is 13.3 Å². The van der Waals surface area contributed by atoms with E-state index in [0.29, 0.717) is 0 Å². The molecule has 0 bridgehead atoms. The third kappa shape index (κ3) is 1.23. The minimum absolute atomic E-state index is 1.15. The first-order valence-corrected chi connectivity index (χ1v) is 3.67. The summed E-state index contributed by atoms with van der Waals surface area (Å²) in [6, 6.07) is 0. The van der Waals surface area contributed by atoms with Gasteiger partial charge >= 0.3 is 0 Å². The second-order valence-corrected chi connectivity index (χ2v) is 2.38. The van der Waals surface area contributed by atoms with Crippen molar-refractivity contribution in [2.24, 2.45) is 0 Å². The molecular formula is C7H15N2+. The van der Waals surface area contributed by atoms with Gasteiger partial charge in [-0.25, -0.2) is 0 Å². The first-order chi connectivity index (χ1) is 4.38. The van der Waals surface area contributed by atoms with E-state index in [4.69, 9.17) is 0 Å². The van der Waals surface area contributed by atoms with E-state index in [9.17, 15) is 0 Å². The van der Waals surface area contributed by atoms with Crippen LogP contribution >= 0.6 is 0 Å². The topological polar surface area (TPSA) is 15.0 Å². The summed E-state index contributed by atoms with van der Waals surface area (Å²) in [7, 11) is 2.00. The number of hydrogen-bond donors (Lipinski definition) is 1. The fourth-order valence-electron chi connectivity index (χ4n) is 1.36. The van der Waals surface area contributed by atoms with Crippen molar-refractivity contribution in [3.05, 3.63) is 0 Å². The highest BCUT2D eigenvalue weighted by molar-refractivity contribution is 5.77. The normalized spacial score (nSPS) is 18.9. The zero-order chi connectivity index (χ0) is 6.69.